The minimum Gasteiger partial charge on any atom is -0.356 e. The second kappa shape index (κ2) is 7.34. The van der Waals surface area contributed by atoms with Crippen LogP contribution in [0.5, 0.6) is 0 Å². The van der Waals surface area contributed by atoms with Gasteiger partial charge in [-0.1, -0.05) is 25.7 Å². The molecule has 0 bridgehead atoms. The van der Waals surface area contributed by atoms with Gasteiger partial charge >= 0.3 is 0 Å². The van der Waals surface area contributed by atoms with Crippen molar-refractivity contribution in [2.45, 2.75) is 57.4 Å². The van der Waals surface area contributed by atoms with Crippen LogP contribution in [0.4, 0.5) is 0 Å². The fourth-order valence-corrected chi connectivity index (χ4v) is 3.70. The molecular weight excluding hydrogens is 276 g/mol. The number of hydrogen-bond donors (Lipinski definition) is 2. The van der Waals surface area contributed by atoms with E-state index in [4.69, 9.17) is 0 Å². The zero-order valence-electron chi connectivity index (χ0n) is 13.8. The lowest BCUT2D eigenvalue weighted by molar-refractivity contribution is -0.134. The number of nitrogens with one attached hydrogen (secondary N) is 2. The maximum atomic E-state index is 12.5. The summed E-state index contributed by atoms with van der Waals surface area (Å²) < 4.78 is 0. The second-order valence-electron chi connectivity index (χ2n) is 7.13. The van der Waals surface area contributed by atoms with Crippen LogP contribution in [0.2, 0.25) is 0 Å². The minimum atomic E-state index is 0.301. The first-order chi connectivity index (χ1) is 10.8. The van der Waals surface area contributed by atoms with Gasteiger partial charge in [0.1, 0.15) is 0 Å². The average molecular weight is 306 g/mol. The summed E-state index contributed by atoms with van der Waals surface area (Å²) >= 11 is 0. The maximum absolute atomic E-state index is 12.5. The number of nitrogens with zero attached hydrogens (tertiary/aromatic N) is 2. The molecule has 2 N–H and O–H groups in total. The van der Waals surface area contributed by atoms with Crippen LogP contribution < -0.4 is 10.6 Å². The summed E-state index contributed by atoms with van der Waals surface area (Å²) in [7, 11) is 1.82. The van der Waals surface area contributed by atoms with Crippen LogP contribution in [0.1, 0.15) is 51.4 Å². The Labute approximate surface area is 133 Å². The summed E-state index contributed by atoms with van der Waals surface area (Å²) in [6.07, 6.45) is 9.71. The molecule has 0 spiro atoms. The molecule has 0 radical (unpaired) electrons. The van der Waals surface area contributed by atoms with Gasteiger partial charge in [0.15, 0.2) is 5.96 Å². The lowest BCUT2D eigenvalue weighted by Crippen LogP contribution is -2.45. The third-order valence-electron chi connectivity index (χ3n) is 5.31. The number of amides is 1. The monoisotopic (exact) mass is 306 g/mol. The minimum absolute atomic E-state index is 0.301. The van der Waals surface area contributed by atoms with Crippen molar-refractivity contribution in [3.8, 4) is 0 Å². The van der Waals surface area contributed by atoms with Crippen molar-refractivity contribution in [2.75, 3.05) is 26.7 Å². The lowest BCUT2D eigenvalue weighted by Gasteiger charge is -2.21. The van der Waals surface area contributed by atoms with Crippen molar-refractivity contribution in [1.82, 2.24) is 15.5 Å². The van der Waals surface area contributed by atoms with Crippen molar-refractivity contribution in [2.24, 2.45) is 16.8 Å². The van der Waals surface area contributed by atoms with Crippen LogP contribution in [-0.4, -0.2) is 49.5 Å². The molecule has 2 saturated carbocycles. The Kier molecular flexibility index (Phi) is 5.21. The van der Waals surface area contributed by atoms with Gasteiger partial charge in [0, 0.05) is 38.6 Å². The highest BCUT2D eigenvalue weighted by molar-refractivity contribution is 5.81. The van der Waals surface area contributed by atoms with Crippen LogP contribution in [0.25, 0.3) is 0 Å². The van der Waals surface area contributed by atoms with Gasteiger partial charge in [-0.15, -0.1) is 0 Å². The van der Waals surface area contributed by atoms with Crippen LogP contribution in [0.3, 0.4) is 0 Å². The van der Waals surface area contributed by atoms with Crippen molar-refractivity contribution in [3.05, 3.63) is 0 Å². The van der Waals surface area contributed by atoms with Crippen molar-refractivity contribution < 1.29 is 4.79 Å². The molecule has 1 atom stereocenters. The van der Waals surface area contributed by atoms with E-state index in [2.05, 4.69) is 20.5 Å². The van der Waals surface area contributed by atoms with E-state index in [-0.39, 0.29) is 0 Å². The van der Waals surface area contributed by atoms with E-state index < -0.39 is 0 Å². The average Bonchev–Trinajstić information content (AvgIpc) is 3.03. The van der Waals surface area contributed by atoms with Crippen LogP contribution in [0, 0.1) is 11.8 Å². The summed E-state index contributed by atoms with van der Waals surface area (Å²) in [5.74, 6) is 2.52. The summed E-state index contributed by atoms with van der Waals surface area (Å²) in [6, 6.07) is 0.345. The molecule has 1 aliphatic heterocycles. The molecule has 3 aliphatic rings. The highest BCUT2D eigenvalue weighted by Gasteiger charge is 2.32. The lowest BCUT2D eigenvalue weighted by atomic mass is 10.1. The van der Waals surface area contributed by atoms with E-state index in [0.29, 0.717) is 17.9 Å². The zero-order valence-corrected chi connectivity index (χ0v) is 13.8. The van der Waals surface area contributed by atoms with Crippen molar-refractivity contribution in [3.63, 3.8) is 0 Å². The molecule has 3 fully saturated rings. The number of likely N-dealkylation sites (tertiary alicyclic amines) is 1. The predicted molar refractivity (Wildman–Crippen MR) is 88.8 cm³/mol. The normalized spacial score (nSPS) is 26.5. The van der Waals surface area contributed by atoms with Crippen molar-refractivity contribution >= 4 is 11.9 Å². The molecule has 3 rings (SSSR count). The predicted octanol–water partition coefficient (Wildman–Crippen LogP) is 1.74. The molecule has 5 heteroatoms. The highest BCUT2D eigenvalue weighted by atomic mass is 16.2. The second-order valence-corrected chi connectivity index (χ2v) is 7.13. The Balaban J connectivity index is 1.39. The Hall–Kier alpha value is -1.26. The number of rotatable bonds is 5. The van der Waals surface area contributed by atoms with Crippen LogP contribution in [0.15, 0.2) is 4.99 Å². The SMILES string of the molecule is CN=C(NCCC1CC1)NC1CCN(C(=O)C2CCCC2)C1. The Morgan fingerprint density at radius 2 is 1.95 bits per heavy atom. The highest BCUT2D eigenvalue weighted by Crippen LogP contribution is 2.31. The maximum Gasteiger partial charge on any atom is 0.225 e. The Bertz CT molecular complexity index is 413. The number of guanidine groups is 1. The first-order valence-corrected chi connectivity index (χ1v) is 9.02. The molecule has 1 amide bonds. The smallest absolute Gasteiger partial charge is 0.225 e. The van der Waals surface area contributed by atoms with E-state index in [9.17, 15) is 4.79 Å². The van der Waals surface area contributed by atoms with Gasteiger partial charge in [0.2, 0.25) is 5.91 Å². The van der Waals surface area contributed by atoms with Gasteiger partial charge in [0.25, 0.3) is 0 Å². The van der Waals surface area contributed by atoms with Gasteiger partial charge in [-0.05, 0) is 31.6 Å². The molecule has 22 heavy (non-hydrogen) atoms. The Morgan fingerprint density at radius 3 is 2.64 bits per heavy atom. The van der Waals surface area contributed by atoms with Gasteiger partial charge in [-0.2, -0.15) is 0 Å². The fraction of sp³-hybridized carbons (Fsp3) is 0.882. The molecule has 0 aromatic carbocycles. The molecule has 1 saturated heterocycles. The van der Waals surface area contributed by atoms with Gasteiger partial charge in [-0.25, -0.2) is 0 Å². The van der Waals surface area contributed by atoms with Gasteiger partial charge in [0.05, 0.1) is 0 Å². The van der Waals surface area contributed by atoms with E-state index in [1.807, 2.05) is 7.05 Å². The summed E-state index contributed by atoms with van der Waals surface area (Å²) in [6.45, 7) is 2.73. The van der Waals surface area contributed by atoms with Crippen LogP contribution in [-0.2, 0) is 4.79 Å². The van der Waals surface area contributed by atoms with E-state index in [1.54, 1.807) is 0 Å². The third kappa shape index (κ3) is 4.14. The van der Waals surface area contributed by atoms with E-state index in [0.717, 1.165) is 50.8 Å². The summed E-state index contributed by atoms with van der Waals surface area (Å²) in [5.41, 5.74) is 0. The van der Waals surface area contributed by atoms with Gasteiger partial charge < -0.3 is 15.5 Å². The standard InChI is InChI=1S/C17H30N4O/c1-18-17(19-10-8-13-6-7-13)20-15-9-11-21(12-15)16(22)14-4-2-3-5-14/h13-15H,2-12H2,1H3,(H2,18,19,20). The van der Waals surface area contributed by atoms with E-state index >= 15 is 0 Å². The third-order valence-corrected chi connectivity index (χ3v) is 5.31. The largest absolute Gasteiger partial charge is 0.356 e. The molecule has 1 heterocycles. The zero-order chi connectivity index (χ0) is 15.4. The number of hydrogen-bond acceptors (Lipinski definition) is 2. The first kappa shape index (κ1) is 15.6. The first-order valence-electron chi connectivity index (χ1n) is 9.02. The summed E-state index contributed by atoms with van der Waals surface area (Å²) in [5, 5.41) is 6.88. The Morgan fingerprint density at radius 1 is 1.18 bits per heavy atom. The number of aliphatic imine (C=N–C) groups is 1. The molecule has 1 unspecified atom stereocenters. The fourth-order valence-electron chi connectivity index (χ4n) is 3.70. The quantitative estimate of drug-likeness (QED) is 0.601. The van der Waals surface area contributed by atoms with Crippen molar-refractivity contribution in [1.29, 1.82) is 0 Å². The van der Waals surface area contributed by atoms with Crippen LogP contribution >= 0.6 is 0 Å². The number of carbonyl (C=O) groups is 1. The molecule has 124 valence electrons. The topological polar surface area (TPSA) is 56.7 Å². The van der Waals surface area contributed by atoms with E-state index in [1.165, 1.54) is 32.1 Å². The molecule has 5 nitrogen and oxygen atoms in total. The van der Waals surface area contributed by atoms with Gasteiger partial charge in [-0.3, -0.25) is 9.79 Å². The molecule has 2 aliphatic carbocycles. The number of carbonyl (C=O) groups excluding carboxylic acids is 1. The summed E-state index contributed by atoms with van der Waals surface area (Å²) in [4.78, 5) is 18.8. The molecular formula is C17H30N4O. The molecule has 0 aromatic rings. The molecule has 0 aromatic heterocycles.